The Morgan fingerprint density at radius 2 is 1.57 bits per heavy atom. The van der Waals surface area contributed by atoms with Crippen LogP contribution >= 0.6 is 0 Å². The Bertz CT molecular complexity index is 1350. The molecule has 1 aliphatic rings. The summed E-state index contributed by atoms with van der Waals surface area (Å²) in [7, 11) is 2.89. The maximum atomic E-state index is 13.4. The molecular weight excluding hydrogens is 544 g/mol. The molecule has 0 radical (unpaired) electrons. The fourth-order valence-electron chi connectivity index (χ4n) is 4.97. The van der Waals surface area contributed by atoms with Crippen molar-refractivity contribution in [1.82, 2.24) is 9.55 Å². The second-order valence-corrected chi connectivity index (χ2v) is 9.30. The molecule has 0 N–H and O–H groups in total. The van der Waals surface area contributed by atoms with Gasteiger partial charge in [0.15, 0.2) is 11.5 Å². The Morgan fingerprint density at radius 1 is 0.975 bits per heavy atom. The van der Waals surface area contributed by atoms with Gasteiger partial charge >= 0.3 is 18.4 Å². The smallest absolute Gasteiger partial charge is 0.416 e. The van der Waals surface area contributed by atoms with Crippen molar-refractivity contribution in [2.75, 3.05) is 25.7 Å². The highest BCUT2D eigenvalue weighted by molar-refractivity contribution is 5.91. The minimum atomic E-state index is -4.96. The average Bonchev–Trinajstić information content (AvgIpc) is 3.34. The van der Waals surface area contributed by atoms with Gasteiger partial charge in [-0.25, -0.2) is 9.78 Å². The lowest BCUT2D eigenvalue weighted by Gasteiger charge is -2.39. The van der Waals surface area contributed by atoms with Crippen LogP contribution in [-0.2, 0) is 23.6 Å². The fraction of sp³-hybridized carbons (Fsp3) is 0.407. The molecule has 0 saturated carbocycles. The van der Waals surface area contributed by atoms with Crippen molar-refractivity contribution < 1.29 is 45.3 Å². The van der Waals surface area contributed by atoms with E-state index in [0.29, 0.717) is 47.1 Å². The third-order valence-electron chi connectivity index (χ3n) is 6.71. The van der Waals surface area contributed by atoms with E-state index in [9.17, 15) is 31.1 Å². The Balaban J connectivity index is 1.81. The third kappa shape index (κ3) is 5.68. The monoisotopic (exact) mass is 571 g/mol. The minimum Gasteiger partial charge on any atom is -0.493 e. The van der Waals surface area contributed by atoms with Gasteiger partial charge in [-0.3, -0.25) is 4.90 Å². The summed E-state index contributed by atoms with van der Waals surface area (Å²) in [5.41, 5.74) is -1.90. The van der Waals surface area contributed by atoms with Gasteiger partial charge in [0.05, 0.1) is 37.6 Å². The van der Waals surface area contributed by atoms with E-state index < -0.39 is 41.5 Å². The molecule has 0 fully saturated rings. The summed E-state index contributed by atoms with van der Waals surface area (Å²) in [4.78, 5) is 18.8. The first-order valence-corrected chi connectivity index (χ1v) is 12.3. The van der Waals surface area contributed by atoms with Gasteiger partial charge in [0.1, 0.15) is 5.82 Å². The van der Waals surface area contributed by atoms with Gasteiger partial charge in [-0.1, -0.05) is 0 Å². The first-order valence-electron chi connectivity index (χ1n) is 12.3. The number of benzene rings is 2. The summed E-state index contributed by atoms with van der Waals surface area (Å²) < 4.78 is 98.2. The second-order valence-electron chi connectivity index (χ2n) is 9.30. The number of carbonyl (C=O) groups is 1. The number of ether oxygens (including phenoxy) is 3. The Labute approximate surface area is 226 Å². The fourth-order valence-corrected chi connectivity index (χ4v) is 4.97. The van der Waals surface area contributed by atoms with Gasteiger partial charge in [0, 0.05) is 37.0 Å². The molecule has 0 bridgehead atoms. The van der Waals surface area contributed by atoms with Crippen molar-refractivity contribution >= 4 is 11.8 Å². The van der Waals surface area contributed by atoms with Crippen molar-refractivity contribution in [1.29, 1.82) is 0 Å². The average molecular weight is 572 g/mol. The SMILES string of the molecule is CCOC(=O)N1c2cc(OC)c(OC)cc2C(c2nccn2Cc2cc(C(F)(F)F)cc(C(F)(F)F)c2)C[C@H]1C. The molecule has 2 aromatic carbocycles. The molecule has 0 saturated heterocycles. The summed E-state index contributed by atoms with van der Waals surface area (Å²) in [6.07, 6.45) is -7.24. The molecule has 3 aromatic rings. The van der Waals surface area contributed by atoms with Crippen LogP contribution in [0, 0.1) is 0 Å². The van der Waals surface area contributed by atoms with Crippen LogP contribution in [0.25, 0.3) is 0 Å². The van der Waals surface area contributed by atoms with Crippen molar-refractivity contribution in [3.8, 4) is 11.5 Å². The van der Waals surface area contributed by atoms with Crippen LogP contribution in [0.15, 0.2) is 42.7 Å². The number of carbonyl (C=O) groups excluding carboxylic acids is 1. The predicted molar refractivity (Wildman–Crippen MR) is 133 cm³/mol. The van der Waals surface area contributed by atoms with E-state index in [4.69, 9.17) is 14.2 Å². The van der Waals surface area contributed by atoms with Gasteiger partial charge in [0.25, 0.3) is 0 Å². The number of halogens is 6. The number of alkyl halides is 6. The van der Waals surface area contributed by atoms with Crippen LogP contribution < -0.4 is 14.4 Å². The first kappa shape index (κ1) is 29.1. The molecule has 7 nitrogen and oxygen atoms in total. The summed E-state index contributed by atoms with van der Waals surface area (Å²) in [5, 5.41) is 0. The van der Waals surface area contributed by atoms with Crippen molar-refractivity contribution in [2.45, 2.75) is 51.1 Å². The van der Waals surface area contributed by atoms with Crippen LogP contribution in [0.3, 0.4) is 0 Å². The molecule has 1 aromatic heterocycles. The zero-order chi connectivity index (χ0) is 29.4. The van der Waals surface area contributed by atoms with Crippen LogP contribution in [0.5, 0.6) is 11.5 Å². The van der Waals surface area contributed by atoms with Crippen LogP contribution in [0.2, 0.25) is 0 Å². The Hall–Kier alpha value is -3.90. The number of imidazole rings is 1. The lowest BCUT2D eigenvalue weighted by atomic mass is 9.85. The molecule has 2 atom stereocenters. The number of aromatic nitrogens is 2. The quantitative estimate of drug-likeness (QED) is 0.302. The molecule has 1 aliphatic heterocycles. The number of anilines is 1. The topological polar surface area (TPSA) is 65.8 Å². The predicted octanol–water partition coefficient (Wildman–Crippen LogP) is 6.87. The number of methoxy groups -OCH3 is 2. The highest BCUT2D eigenvalue weighted by Crippen LogP contribution is 2.47. The lowest BCUT2D eigenvalue weighted by molar-refractivity contribution is -0.143. The summed E-state index contributed by atoms with van der Waals surface area (Å²) in [6.45, 7) is 3.34. The van der Waals surface area contributed by atoms with E-state index in [-0.39, 0.29) is 24.8 Å². The van der Waals surface area contributed by atoms with Crippen LogP contribution in [0.4, 0.5) is 36.8 Å². The first-order chi connectivity index (χ1) is 18.8. The lowest BCUT2D eigenvalue weighted by Crippen LogP contribution is -2.44. The van der Waals surface area contributed by atoms with Gasteiger partial charge in [-0.15, -0.1) is 0 Å². The minimum absolute atomic E-state index is 0.0982. The highest BCUT2D eigenvalue weighted by atomic mass is 19.4. The van der Waals surface area contributed by atoms with Crippen molar-refractivity contribution in [3.63, 3.8) is 0 Å². The van der Waals surface area contributed by atoms with Gasteiger partial charge in [0.2, 0.25) is 0 Å². The second kappa shape index (κ2) is 10.9. The zero-order valence-corrected chi connectivity index (χ0v) is 22.1. The largest absolute Gasteiger partial charge is 0.493 e. The molecular formula is C27H27F6N3O4. The Morgan fingerprint density at radius 3 is 2.12 bits per heavy atom. The van der Waals surface area contributed by atoms with Gasteiger partial charge < -0.3 is 18.8 Å². The third-order valence-corrected chi connectivity index (χ3v) is 6.71. The van der Waals surface area contributed by atoms with Crippen molar-refractivity contribution in [3.05, 3.63) is 70.8 Å². The standard InChI is InChI=1S/C27H27F6N3O4/c1-5-40-25(37)36-15(2)8-20(19-12-22(38-3)23(39-4)13-21(19)36)24-34-6-7-35(24)14-16-9-17(26(28,29)30)11-18(10-16)27(31,32)33/h6-7,9-13,15,20H,5,8,14H2,1-4H3/t15-,20?/m1/s1. The molecule has 0 spiro atoms. The number of hydrogen-bond acceptors (Lipinski definition) is 5. The van der Waals surface area contributed by atoms with E-state index in [1.807, 2.05) is 0 Å². The van der Waals surface area contributed by atoms with E-state index in [1.165, 1.54) is 36.1 Å². The normalized spacial score (nSPS) is 17.4. The highest BCUT2D eigenvalue weighted by Gasteiger charge is 2.39. The maximum absolute atomic E-state index is 13.4. The van der Waals surface area contributed by atoms with Crippen molar-refractivity contribution in [2.24, 2.45) is 0 Å². The summed E-state index contributed by atoms with van der Waals surface area (Å²) >= 11 is 0. The number of nitrogens with zero attached hydrogens (tertiary/aromatic N) is 3. The molecule has 40 heavy (non-hydrogen) atoms. The van der Waals surface area contributed by atoms with E-state index in [1.54, 1.807) is 26.0 Å². The number of rotatable bonds is 6. The molecule has 2 heterocycles. The molecule has 1 unspecified atom stereocenters. The molecule has 4 rings (SSSR count). The van der Waals surface area contributed by atoms with E-state index in [2.05, 4.69) is 4.98 Å². The van der Waals surface area contributed by atoms with Gasteiger partial charge in [-0.05, 0) is 55.7 Å². The number of fused-ring (bicyclic) bond motifs is 1. The zero-order valence-electron chi connectivity index (χ0n) is 22.1. The summed E-state index contributed by atoms with van der Waals surface area (Å²) in [5.74, 6) is 0.638. The summed E-state index contributed by atoms with van der Waals surface area (Å²) in [6, 6.07) is 4.41. The molecule has 1 amide bonds. The van der Waals surface area contributed by atoms with Crippen LogP contribution in [-0.4, -0.2) is 42.5 Å². The van der Waals surface area contributed by atoms with E-state index in [0.717, 1.165) is 0 Å². The number of amides is 1. The number of hydrogen-bond donors (Lipinski definition) is 0. The van der Waals surface area contributed by atoms with E-state index >= 15 is 0 Å². The molecule has 13 heteroatoms. The van der Waals surface area contributed by atoms with Gasteiger partial charge in [-0.2, -0.15) is 26.3 Å². The Kier molecular flexibility index (Phi) is 7.95. The maximum Gasteiger partial charge on any atom is 0.416 e. The molecule has 216 valence electrons. The molecule has 0 aliphatic carbocycles. The van der Waals surface area contributed by atoms with Crippen LogP contribution in [0.1, 0.15) is 54.3 Å².